The Morgan fingerprint density at radius 3 is 1.55 bits per heavy atom. The highest BCUT2D eigenvalue weighted by molar-refractivity contribution is 7.26. The van der Waals surface area contributed by atoms with Gasteiger partial charge in [-0.05, 0) is 47.5 Å². The van der Waals surface area contributed by atoms with E-state index in [9.17, 15) is 0 Å². The van der Waals surface area contributed by atoms with Gasteiger partial charge in [0.1, 0.15) is 11.2 Å². The van der Waals surface area contributed by atoms with E-state index in [0.717, 1.165) is 72.3 Å². The van der Waals surface area contributed by atoms with Gasteiger partial charge in [0, 0.05) is 64.3 Å². The zero-order chi connectivity index (χ0) is 41.0. The van der Waals surface area contributed by atoms with Gasteiger partial charge in [0.25, 0.3) is 0 Å². The largest absolute Gasteiger partial charge is 0.456 e. The second kappa shape index (κ2) is 14.9. The van der Waals surface area contributed by atoms with E-state index >= 15 is 0 Å². The van der Waals surface area contributed by atoms with Crippen LogP contribution < -0.4 is 0 Å². The van der Waals surface area contributed by atoms with Gasteiger partial charge in [0.2, 0.25) is 0 Å². The lowest BCUT2D eigenvalue weighted by atomic mass is 10.0. The normalized spacial score (nSPS) is 11.5. The standard InChI is InChI=1S/C55H33N5OS/c1-4-14-35(15-5-1)45-33-46(36-16-6-2-7-17-36)57-54(56-45)39-30-31-49-44(32-39)41-22-12-21-40(51(41)62-49)34-26-28-38(29-27-34)53-58-52(37-18-8-3-9-19-37)59-55(60-53)43-23-13-25-48-50(43)42-20-10-11-24-47(42)61-48/h1-33H. The molecule has 6 nitrogen and oxygen atoms in total. The average Bonchev–Trinajstić information content (AvgIpc) is 3.93. The first-order chi connectivity index (χ1) is 30.7. The monoisotopic (exact) mass is 811 g/mol. The van der Waals surface area contributed by atoms with Crippen LogP contribution in [-0.4, -0.2) is 24.9 Å². The smallest absolute Gasteiger partial charge is 0.164 e. The Balaban J connectivity index is 0.937. The van der Waals surface area contributed by atoms with E-state index in [1.54, 1.807) is 0 Å². The fourth-order valence-electron chi connectivity index (χ4n) is 8.36. The van der Waals surface area contributed by atoms with E-state index in [1.807, 2.05) is 108 Å². The lowest BCUT2D eigenvalue weighted by molar-refractivity contribution is 0.669. The van der Waals surface area contributed by atoms with Crippen LogP contribution in [0.5, 0.6) is 0 Å². The SMILES string of the molecule is c1ccc(-c2cc(-c3ccccc3)nc(-c3ccc4sc5c(-c6ccc(-c7nc(-c8ccccc8)nc(-c8cccc9oc%10ccccc%10c89)n7)cc6)cccc5c4c3)n2)cc1. The second-order valence-electron chi connectivity index (χ2n) is 15.2. The van der Waals surface area contributed by atoms with E-state index in [-0.39, 0.29) is 0 Å². The van der Waals surface area contributed by atoms with Crippen molar-refractivity contribution in [1.82, 2.24) is 24.9 Å². The van der Waals surface area contributed by atoms with Crippen LogP contribution in [0.1, 0.15) is 0 Å². The van der Waals surface area contributed by atoms with Crippen LogP contribution in [0.25, 0.3) is 121 Å². The van der Waals surface area contributed by atoms with Crippen molar-refractivity contribution in [2.75, 3.05) is 0 Å². The molecule has 0 bridgehead atoms. The van der Waals surface area contributed by atoms with E-state index in [2.05, 4.69) is 103 Å². The number of para-hydroxylation sites is 1. The molecule has 0 unspecified atom stereocenters. The van der Waals surface area contributed by atoms with Crippen LogP contribution in [0.2, 0.25) is 0 Å². The van der Waals surface area contributed by atoms with Crippen molar-refractivity contribution in [1.29, 1.82) is 0 Å². The summed E-state index contributed by atoms with van der Waals surface area (Å²) in [6, 6.07) is 68.7. The molecule has 0 spiro atoms. The van der Waals surface area contributed by atoms with Gasteiger partial charge in [-0.25, -0.2) is 24.9 Å². The molecule has 0 aliphatic heterocycles. The van der Waals surface area contributed by atoms with Crippen molar-refractivity contribution < 1.29 is 4.42 Å². The maximum absolute atomic E-state index is 6.24. The second-order valence-corrected chi connectivity index (χ2v) is 16.3. The van der Waals surface area contributed by atoms with Crippen molar-refractivity contribution in [2.45, 2.75) is 0 Å². The van der Waals surface area contributed by atoms with Crippen molar-refractivity contribution in [3.05, 3.63) is 200 Å². The number of aromatic nitrogens is 5. The molecule has 4 heterocycles. The molecule has 0 saturated heterocycles. The Morgan fingerprint density at radius 1 is 0.323 bits per heavy atom. The van der Waals surface area contributed by atoms with E-state index in [0.29, 0.717) is 23.3 Å². The Bertz CT molecular complexity index is 3560. The molecule has 0 saturated carbocycles. The van der Waals surface area contributed by atoms with E-state index in [4.69, 9.17) is 29.3 Å². The molecule has 0 fully saturated rings. The van der Waals surface area contributed by atoms with Gasteiger partial charge in [-0.3, -0.25) is 0 Å². The molecule has 290 valence electrons. The molecule has 12 aromatic rings. The molecular formula is C55H33N5OS. The molecule has 0 radical (unpaired) electrons. The number of benzene rings is 8. The van der Waals surface area contributed by atoms with Gasteiger partial charge in [-0.2, -0.15) is 0 Å². The Morgan fingerprint density at radius 2 is 0.839 bits per heavy atom. The van der Waals surface area contributed by atoms with Gasteiger partial charge in [-0.1, -0.05) is 164 Å². The number of rotatable bonds is 7. The maximum atomic E-state index is 6.24. The summed E-state index contributed by atoms with van der Waals surface area (Å²) in [6.07, 6.45) is 0. The van der Waals surface area contributed by atoms with E-state index < -0.39 is 0 Å². The number of fused-ring (bicyclic) bond motifs is 6. The van der Waals surface area contributed by atoms with Gasteiger partial charge < -0.3 is 4.42 Å². The van der Waals surface area contributed by atoms with Crippen molar-refractivity contribution in [3.8, 4) is 79.2 Å². The molecular weight excluding hydrogens is 779 g/mol. The summed E-state index contributed by atoms with van der Waals surface area (Å²) in [5, 5.41) is 4.40. The molecule has 0 aliphatic carbocycles. The average molecular weight is 812 g/mol. The molecule has 0 amide bonds. The van der Waals surface area contributed by atoms with Crippen LogP contribution in [0.3, 0.4) is 0 Å². The first kappa shape index (κ1) is 35.8. The molecule has 8 aromatic carbocycles. The summed E-state index contributed by atoms with van der Waals surface area (Å²) in [6.45, 7) is 0. The molecule has 4 aromatic heterocycles. The first-order valence-electron chi connectivity index (χ1n) is 20.5. The fraction of sp³-hybridized carbons (Fsp3) is 0. The summed E-state index contributed by atoms with van der Waals surface area (Å²) >= 11 is 1.81. The van der Waals surface area contributed by atoms with Crippen molar-refractivity contribution in [2.24, 2.45) is 0 Å². The summed E-state index contributed by atoms with van der Waals surface area (Å²) < 4.78 is 8.68. The summed E-state index contributed by atoms with van der Waals surface area (Å²) in [5.74, 6) is 2.51. The van der Waals surface area contributed by atoms with Crippen LogP contribution in [-0.2, 0) is 0 Å². The van der Waals surface area contributed by atoms with Gasteiger partial charge in [0.05, 0.1) is 11.4 Å². The first-order valence-corrected chi connectivity index (χ1v) is 21.3. The topological polar surface area (TPSA) is 77.6 Å². The predicted octanol–water partition coefficient (Wildman–Crippen LogP) is 14.6. The fourth-order valence-corrected chi connectivity index (χ4v) is 9.58. The Hall–Kier alpha value is -8.13. The molecule has 62 heavy (non-hydrogen) atoms. The highest BCUT2D eigenvalue weighted by Crippen LogP contribution is 2.42. The summed E-state index contributed by atoms with van der Waals surface area (Å²) in [7, 11) is 0. The molecule has 0 aliphatic rings. The van der Waals surface area contributed by atoms with Gasteiger partial charge in [0.15, 0.2) is 23.3 Å². The van der Waals surface area contributed by atoms with Crippen LogP contribution in [0, 0.1) is 0 Å². The molecule has 0 N–H and O–H groups in total. The zero-order valence-electron chi connectivity index (χ0n) is 33.1. The number of furan rings is 1. The Kier molecular flexibility index (Phi) is 8.57. The van der Waals surface area contributed by atoms with Crippen molar-refractivity contribution >= 4 is 53.4 Å². The number of thiophene rings is 1. The minimum absolute atomic E-state index is 0.595. The van der Waals surface area contributed by atoms with Crippen molar-refractivity contribution in [3.63, 3.8) is 0 Å². The van der Waals surface area contributed by atoms with Crippen LogP contribution >= 0.6 is 11.3 Å². The maximum Gasteiger partial charge on any atom is 0.164 e. The zero-order valence-corrected chi connectivity index (χ0v) is 33.9. The predicted molar refractivity (Wildman–Crippen MR) is 254 cm³/mol. The summed E-state index contributed by atoms with van der Waals surface area (Å²) in [5.41, 5.74) is 11.5. The lowest BCUT2D eigenvalue weighted by Crippen LogP contribution is -2.00. The third-order valence-electron chi connectivity index (χ3n) is 11.4. The van der Waals surface area contributed by atoms with Crippen LogP contribution in [0.4, 0.5) is 0 Å². The highest BCUT2D eigenvalue weighted by atomic mass is 32.1. The number of hydrogen-bond acceptors (Lipinski definition) is 7. The van der Waals surface area contributed by atoms with Crippen LogP contribution in [0.15, 0.2) is 205 Å². The number of nitrogens with zero attached hydrogens (tertiary/aromatic N) is 5. The van der Waals surface area contributed by atoms with Gasteiger partial charge in [-0.15, -0.1) is 11.3 Å². The Labute approximate surface area is 360 Å². The third kappa shape index (κ3) is 6.31. The number of hydrogen-bond donors (Lipinski definition) is 0. The third-order valence-corrected chi connectivity index (χ3v) is 12.6. The highest BCUT2D eigenvalue weighted by Gasteiger charge is 2.19. The minimum Gasteiger partial charge on any atom is -0.456 e. The van der Waals surface area contributed by atoms with Gasteiger partial charge >= 0.3 is 0 Å². The molecule has 7 heteroatoms. The lowest BCUT2D eigenvalue weighted by Gasteiger charge is -2.10. The quantitative estimate of drug-likeness (QED) is 0.160. The van der Waals surface area contributed by atoms with E-state index in [1.165, 1.54) is 25.7 Å². The molecule has 0 atom stereocenters. The molecule has 12 rings (SSSR count). The minimum atomic E-state index is 0.595. The summed E-state index contributed by atoms with van der Waals surface area (Å²) in [4.78, 5) is 25.4.